The number of carbonyl (C=O) groups is 5. The van der Waals surface area contributed by atoms with E-state index in [0.29, 0.717) is 5.69 Å². The first-order chi connectivity index (χ1) is 13.6. The van der Waals surface area contributed by atoms with E-state index in [0.717, 1.165) is 0 Å². The Morgan fingerprint density at radius 2 is 1.76 bits per heavy atom. The van der Waals surface area contributed by atoms with Crippen LogP contribution in [0.5, 0.6) is 0 Å². The number of carbonyl (C=O) groups excluding carboxylic acids is 3. The number of hydrogen-bond donors (Lipinski definition) is 7. The van der Waals surface area contributed by atoms with Crippen molar-refractivity contribution in [2.45, 2.75) is 44.3 Å². The van der Waals surface area contributed by atoms with Gasteiger partial charge < -0.3 is 36.9 Å². The lowest BCUT2D eigenvalue weighted by Gasteiger charge is -2.22. The molecular formula is C16H24N6O7. The molecule has 0 spiro atoms. The van der Waals surface area contributed by atoms with Gasteiger partial charge in [0.2, 0.25) is 17.7 Å². The van der Waals surface area contributed by atoms with Crippen LogP contribution in [0.15, 0.2) is 12.5 Å². The number of aromatic nitrogens is 2. The van der Waals surface area contributed by atoms with E-state index in [-0.39, 0.29) is 19.4 Å². The molecule has 0 saturated heterocycles. The Hall–Kier alpha value is -3.48. The number of amides is 3. The van der Waals surface area contributed by atoms with Crippen molar-refractivity contribution >= 4 is 29.7 Å². The zero-order valence-electron chi connectivity index (χ0n) is 15.7. The van der Waals surface area contributed by atoms with Crippen LogP contribution in [-0.4, -0.2) is 74.5 Å². The minimum atomic E-state index is -1.33. The smallest absolute Gasteiger partial charge is 0.326 e. The van der Waals surface area contributed by atoms with Gasteiger partial charge in [-0.3, -0.25) is 19.2 Å². The van der Waals surface area contributed by atoms with Gasteiger partial charge in [-0.15, -0.1) is 0 Å². The van der Waals surface area contributed by atoms with Crippen LogP contribution in [0, 0.1) is 0 Å². The average molecular weight is 412 g/mol. The fourth-order valence-corrected chi connectivity index (χ4v) is 2.29. The maximum Gasteiger partial charge on any atom is 0.326 e. The predicted molar refractivity (Wildman–Crippen MR) is 97.3 cm³/mol. The van der Waals surface area contributed by atoms with E-state index in [1.807, 2.05) is 0 Å². The molecule has 0 saturated carbocycles. The summed E-state index contributed by atoms with van der Waals surface area (Å²) < 4.78 is 0. The first kappa shape index (κ1) is 23.6. The molecule has 0 fully saturated rings. The number of nitrogens with one attached hydrogen (secondary N) is 4. The van der Waals surface area contributed by atoms with Crippen LogP contribution >= 0.6 is 0 Å². The van der Waals surface area contributed by atoms with Gasteiger partial charge in [-0.2, -0.15) is 0 Å². The molecule has 13 heteroatoms. The second kappa shape index (κ2) is 11.4. The molecule has 1 aromatic rings. The molecule has 1 aromatic heterocycles. The Balaban J connectivity index is 2.83. The third-order valence-corrected chi connectivity index (χ3v) is 3.83. The van der Waals surface area contributed by atoms with Gasteiger partial charge in [0.05, 0.1) is 12.9 Å². The monoisotopic (exact) mass is 412 g/mol. The number of H-pyrrole nitrogens is 1. The van der Waals surface area contributed by atoms with Crippen molar-refractivity contribution < 1.29 is 34.2 Å². The van der Waals surface area contributed by atoms with Crippen molar-refractivity contribution in [2.75, 3.05) is 6.54 Å². The van der Waals surface area contributed by atoms with E-state index in [1.165, 1.54) is 19.4 Å². The summed E-state index contributed by atoms with van der Waals surface area (Å²) in [5.41, 5.74) is 5.61. The van der Waals surface area contributed by atoms with Crippen LogP contribution < -0.4 is 21.7 Å². The summed E-state index contributed by atoms with van der Waals surface area (Å²) in [7, 11) is 0. The highest BCUT2D eigenvalue weighted by Gasteiger charge is 2.29. The maximum atomic E-state index is 12.5. The van der Waals surface area contributed by atoms with Crippen molar-refractivity contribution in [1.29, 1.82) is 0 Å². The van der Waals surface area contributed by atoms with Gasteiger partial charge in [-0.05, 0) is 13.3 Å². The number of imidazole rings is 1. The van der Waals surface area contributed by atoms with Gasteiger partial charge >= 0.3 is 11.9 Å². The molecule has 0 aliphatic rings. The molecule has 0 bridgehead atoms. The molecule has 8 N–H and O–H groups in total. The summed E-state index contributed by atoms with van der Waals surface area (Å²) >= 11 is 0. The van der Waals surface area contributed by atoms with Crippen molar-refractivity contribution in [3.8, 4) is 0 Å². The lowest BCUT2D eigenvalue weighted by Crippen LogP contribution is -2.55. The number of nitrogens with two attached hydrogens (primary N) is 1. The van der Waals surface area contributed by atoms with E-state index >= 15 is 0 Å². The largest absolute Gasteiger partial charge is 0.481 e. The zero-order chi connectivity index (χ0) is 22.0. The molecule has 0 aliphatic heterocycles. The van der Waals surface area contributed by atoms with E-state index in [2.05, 4.69) is 25.9 Å². The summed E-state index contributed by atoms with van der Waals surface area (Å²) in [6.07, 6.45) is 1.93. The molecule has 3 unspecified atom stereocenters. The summed E-state index contributed by atoms with van der Waals surface area (Å²) in [6, 6.07) is -3.69. The highest BCUT2D eigenvalue weighted by Crippen LogP contribution is 2.03. The molecule has 160 valence electrons. The molecule has 3 amide bonds. The zero-order valence-corrected chi connectivity index (χ0v) is 15.7. The molecule has 0 radical (unpaired) electrons. The van der Waals surface area contributed by atoms with Crippen LogP contribution in [0.3, 0.4) is 0 Å². The molecule has 13 nitrogen and oxygen atoms in total. The number of hydrogen-bond acceptors (Lipinski definition) is 7. The van der Waals surface area contributed by atoms with Gasteiger partial charge in [0.1, 0.15) is 18.1 Å². The summed E-state index contributed by atoms with van der Waals surface area (Å²) in [5.74, 6) is -4.74. The molecule has 0 aromatic carbocycles. The number of aliphatic carboxylic acids is 2. The maximum absolute atomic E-state index is 12.5. The number of rotatable bonds is 12. The van der Waals surface area contributed by atoms with Crippen molar-refractivity contribution in [2.24, 2.45) is 5.73 Å². The molecule has 1 rings (SSSR count). The van der Waals surface area contributed by atoms with Gasteiger partial charge in [0.15, 0.2) is 0 Å². The lowest BCUT2D eigenvalue weighted by atomic mass is 10.1. The molecule has 3 atom stereocenters. The van der Waals surface area contributed by atoms with Crippen LogP contribution in [0.25, 0.3) is 0 Å². The number of nitrogens with zero attached hydrogens (tertiary/aromatic N) is 1. The molecular weight excluding hydrogens is 388 g/mol. The van der Waals surface area contributed by atoms with Gasteiger partial charge in [-0.25, -0.2) is 9.78 Å². The van der Waals surface area contributed by atoms with Gasteiger partial charge in [0.25, 0.3) is 0 Å². The highest BCUT2D eigenvalue weighted by molar-refractivity contribution is 5.93. The van der Waals surface area contributed by atoms with Crippen molar-refractivity contribution in [3.63, 3.8) is 0 Å². The summed E-state index contributed by atoms with van der Waals surface area (Å²) in [4.78, 5) is 64.8. The number of carboxylic acid groups (broad SMARTS) is 2. The Morgan fingerprint density at radius 1 is 1.10 bits per heavy atom. The number of aromatic amines is 1. The minimum Gasteiger partial charge on any atom is -0.481 e. The third-order valence-electron chi connectivity index (χ3n) is 3.83. The molecule has 1 heterocycles. The summed E-state index contributed by atoms with van der Waals surface area (Å²) in [6.45, 7) is 1.02. The quantitative estimate of drug-likeness (QED) is 0.190. The SMILES string of the molecule is CC(NC(=O)CN)C(=O)NC(CCC(=O)O)C(=O)NC(Cc1cnc[nH]1)C(=O)O. The lowest BCUT2D eigenvalue weighted by molar-refractivity contribution is -0.143. The second-order valence-corrected chi connectivity index (χ2v) is 6.17. The topological polar surface area (TPSA) is 217 Å². The average Bonchev–Trinajstić information content (AvgIpc) is 3.16. The highest BCUT2D eigenvalue weighted by atomic mass is 16.4. The standard InChI is InChI=1S/C16H24N6O7/c1-8(20-12(23)5-17)14(26)21-10(2-3-13(24)25)15(27)22-11(16(28)29)4-9-6-18-7-19-9/h6-8,10-11H,2-5,17H2,1H3,(H,18,19)(H,20,23)(H,21,26)(H,22,27)(H,24,25)(H,28,29). The Kier molecular flexibility index (Phi) is 9.25. The predicted octanol–water partition coefficient (Wildman–Crippen LogP) is -2.67. The van der Waals surface area contributed by atoms with Gasteiger partial charge in [0, 0.05) is 24.7 Å². The van der Waals surface area contributed by atoms with Crippen molar-refractivity contribution in [3.05, 3.63) is 18.2 Å². The van der Waals surface area contributed by atoms with Crippen LogP contribution in [0.4, 0.5) is 0 Å². The third kappa shape index (κ3) is 8.38. The first-order valence-corrected chi connectivity index (χ1v) is 8.66. The normalized spacial score (nSPS) is 13.6. The number of carboxylic acids is 2. The van der Waals surface area contributed by atoms with E-state index in [1.54, 1.807) is 0 Å². The van der Waals surface area contributed by atoms with Crippen LogP contribution in [0.2, 0.25) is 0 Å². The molecule has 29 heavy (non-hydrogen) atoms. The van der Waals surface area contributed by atoms with Crippen LogP contribution in [0.1, 0.15) is 25.5 Å². The van der Waals surface area contributed by atoms with Crippen molar-refractivity contribution in [1.82, 2.24) is 25.9 Å². The second-order valence-electron chi connectivity index (χ2n) is 6.17. The van der Waals surface area contributed by atoms with E-state index in [9.17, 15) is 29.1 Å². The van der Waals surface area contributed by atoms with E-state index < -0.39 is 54.2 Å². The fourth-order valence-electron chi connectivity index (χ4n) is 2.29. The first-order valence-electron chi connectivity index (χ1n) is 8.66. The van der Waals surface area contributed by atoms with Gasteiger partial charge in [-0.1, -0.05) is 0 Å². The van der Waals surface area contributed by atoms with E-state index in [4.69, 9.17) is 10.8 Å². The molecule has 0 aliphatic carbocycles. The Bertz CT molecular complexity index is 736. The van der Waals surface area contributed by atoms with Crippen LogP contribution in [-0.2, 0) is 30.4 Å². The summed E-state index contributed by atoms with van der Waals surface area (Å²) in [5, 5.41) is 25.1. The Labute approximate surface area is 165 Å². The Morgan fingerprint density at radius 3 is 2.28 bits per heavy atom. The fraction of sp³-hybridized carbons (Fsp3) is 0.500. The minimum absolute atomic E-state index is 0.0936.